The zero-order valence-corrected chi connectivity index (χ0v) is 11.0. The van der Waals surface area contributed by atoms with Crippen LogP contribution in [0.15, 0.2) is 18.2 Å². The molecule has 2 heterocycles. The SMILES string of the molecule is O=C(O)c1nnn(CCCO)c1-c1ccc2c(c1)OCO2. The van der Waals surface area contributed by atoms with E-state index in [4.69, 9.17) is 14.6 Å². The highest BCUT2D eigenvalue weighted by Gasteiger charge is 2.22. The van der Waals surface area contributed by atoms with Gasteiger partial charge < -0.3 is 19.7 Å². The fourth-order valence-electron chi connectivity index (χ4n) is 2.16. The van der Waals surface area contributed by atoms with Crippen LogP contribution in [-0.4, -0.2) is 44.6 Å². The average molecular weight is 291 g/mol. The molecule has 0 fully saturated rings. The van der Waals surface area contributed by atoms with Crippen LogP contribution in [0.1, 0.15) is 16.9 Å². The Hall–Kier alpha value is -2.61. The lowest BCUT2D eigenvalue weighted by atomic mass is 10.1. The monoisotopic (exact) mass is 291 g/mol. The minimum Gasteiger partial charge on any atom is -0.476 e. The number of carboxylic acids is 1. The Balaban J connectivity index is 2.06. The maximum Gasteiger partial charge on any atom is 0.358 e. The number of aliphatic hydroxyl groups excluding tert-OH is 1. The number of benzene rings is 1. The predicted molar refractivity (Wildman–Crippen MR) is 70.2 cm³/mol. The van der Waals surface area contributed by atoms with Gasteiger partial charge in [0.05, 0.1) is 0 Å². The molecule has 0 bridgehead atoms. The van der Waals surface area contributed by atoms with E-state index in [9.17, 15) is 9.90 Å². The molecule has 1 aliphatic rings. The van der Waals surface area contributed by atoms with Gasteiger partial charge in [0.2, 0.25) is 6.79 Å². The van der Waals surface area contributed by atoms with Gasteiger partial charge in [0.25, 0.3) is 0 Å². The molecule has 0 spiro atoms. The average Bonchev–Trinajstić information content (AvgIpc) is 3.10. The van der Waals surface area contributed by atoms with E-state index in [1.54, 1.807) is 18.2 Å². The Kier molecular flexibility index (Phi) is 3.44. The molecular weight excluding hydrogens is 278 g/mol. The normalized spacial score (nSPS) is 12.6. The summed E-state index contributed by atoms with van der Waals surface area (Å²) in [6.45, 7) is 0.510. The van der Waals surface area contributed by atoms with Crippen LogP contribution >= 0.6 is 0 Å². The van der Waals surface area contributed by atoms with Crippen molar-refractivity contribution in [2.24, 2.45) is 0 Å². The summed E-state index contributed by atoms with van der Waals surface area (Å²) in [5, 5.41) is 25.7. The molecule has 0 aliphatic carbocycles. The van der Waals surface area contributed by atoms with Crippen LogP contribution in [0.2, 0.25) is 0 Å². The number of fused-ring (bicyclic) bond motifs is 1. The highest BCUT2D eigenvalue weighted by molar-refractivity contribution is 5.92. The first kappa shape index (κ1) is 13.4. The van der Waals surface area contributed by atoms with E-state index in [-0.39, 0.29) is 19.1 Å². The van der Waals surface area contributed by atoms with Gasteiger partial charge in [0.1, 0.15) is 5.69 Å². The summed E-state index contributed by atoms with van der Waals surface area (Å²) in [6.07, 6.45) is 0.458. The Morgan fingerprint density at radius 2 is 2.14 bits per heavy atom. The van der Waals surface area contributed by atoms with Crippen molar-refractivity contribution in [2.75, 3.05) is 13.4 Å². The summed E-state index contributed by atoms with van der Waals surface area (Å²) in [7, 11) is 0. The van der Waals surface area contributed by atoms with Crippen LogP contribution in [0, 0.1) is 0 Å². The third kappa shape index (κ3) is 2.40. The van der Waals surface area contributed by atoms with Crippen molar-refractivity contribution in [2.45, 2.75) is 13.0 Å². The molecule has 1 aromatic heterocycles. The van der Waals surface area contributed by atoms with Crippen LogP contribution in [0.25, 0.3) is 11.3 Å². The van der Waals surface area contributed by atoms with E-state index in [2.05, 4.69) is 10.3 Å². The van der Waals surface area contributed by atoms with E-state index in [0.717, 1.165) is 0 Å². The predicted octanol–water partition coefficient (Wildman–Crippen LogP) is 0.754. The first-order chi connectivity index (χ1) is 10.2. The topological polar surface area (TPSA) is 107 Å². The molecule has 3 rings (SSSR count). The molecular formula is C13H13N3O5. The van der Waals surface area contributed by atoms with E-state index in [1.165, 1.54) is 4.68 Å². The molecule has 21 heavy (non-hydrogen) atoms. The highest BCUT2D eigenvalue weighted by atomic mass is 16.7. The first-order valence-electron chi connectivity index (χ1n) is 6.38. The fraction of sp³-hybridized carbons (Fsp3) is 0.308. The molecule has 1 aromatic carbocycles. The Morgan fingerprint density at radius 3 is 2.90 bits per heavy atom. The fourth-order valence-corrected chi connectivity index (χ4v) is 2.16. The third-order valence-corrected chi connectivity index (χ3v) is 3.11. The lowest BCUT2D eigenvalue weighted by Crippen LogP contribution is -2.06. The second kappa shape index (κ2) is 5.41. The van der Waals surface area contributed by atoms with Gasteiger partial charge in [-0.3, -0.25) is 0 Å². The lowest BCUT2D eigenvalue weighted by Gasteiger charge is -2.07. The van der Waals surface area contributed by atoms with Crippen molar-refractivity contribution in [3.05, 3.63) is 23.9 Å². The van der Waals surface area contributed by atoms with E-state index < -0.39 is 5.97 Å². The molecule has 0 atom stereocenters. The molecule has 2 N–H and O–H groups in total. The largest absolute Gasteiger partial charge is 0.476 e. The Bertz CT molecular complexity index is 682. The second-order valence-corrected chi connectivity index (χ2v) is 4.46. The van der Waals surface area contributed by atoms with E-state index in [1.807, 2.05) is 0 Å². The molecule has 2 aromatic rings. The molecule has 8 nitrogen and oxygen atoms in total. The number of ether oxygens (including phenoxy) is 2. The van der Waals surface area contributed by atoms with E-state index >= 15 is 0 Å². The highest BCUT2D eigenvalue weighted by Crippen LogP contribution is 2.36. The number of aromatic carboxylic acids is 1. The number of rotatable bonds is 5. The molecule has 0 amide bonds. The molecule has 8 heteroatoms. The number of aryl methyl sites for hydroxylation is 1. The number of carbonyl (C=O) groups is 1. The minimum atomic E-state index is -1.15. The van der Waals surface area contributed by atoms with Gasteiger partial charge >= 0.3 is 5.97 Å². The van der Waals surface area contributed by atoms with Gasteiger partial charge in [0.15, 0.2) is 17.2 Å². The van der Waals surface area contributed by atoms with Crippen molar-refractivity contribution in [1.82, 2.24) is 15.0 Å². The van der Waals surface area contributed by atoms with Gasteiger partial charge in [0, 0.05) is 18.7 Å². The summed E-state index contributed by atoms with van der Waals surface area (Å²) in [5.74, 6) is 0.0154. The quantitative estimate of drug-likeness (QED) is 0.837. The Labute approximate surface area is 119 Å². The lowest BCUT2D eigenvalue weighted by molar-refractivity contribution is 0.0691. The summed E-state index contributed by atoms with van der Waals surface area (Å²) in [4.78, 5) is 11.3. The van der Waals surface area contributed by atoms with Crippen molar-refractivity contribution in [1.29, 1.82) is 0 Å². The number of hydrogen-bond acceptors (Lipinski definition) is 6. The summed E-state index contributed by atoms with van der Waals surface area (Å²) >= 11 is 0. The zero-order valence-electron chi connectivity index (χ0n) is 11.0. The smallest absolute Gasteiger partial charge is 0.358 e. The van der Waals surface area contributed by atoms with Crippen molar-refractivity contribution in [3.63, 3.8) is 0 Å². The van der Waals surface area contributed by atoms with Gasteiger partial charge in [-0.2, -0.15) is 0 Å². The molecule has 110 valence electrons. The number of hydrogen-bond donors (Lipinski definition) is 2. The number of nitrogens with zero attached hydrogens (tertiary/aromatic N) is 3. The standard InChI is InChI=1S/C13H13N3O5/c17-5-1-4-16-12(11(13(18)19)14-15-16)8-2-3-9-10(6-8)21-7-20-9/h2-3,6,17H,1,4-5,7H2,(H,18,19). The zero-order chi connectivity index (χ0) is 14.8. The maximum atomic E-state index is 11.3. The van der Waals surface area contributed by atoms with Crippen molar-refractivity contribution < 1.29 is 24.5 Å². The third-order valence-electron chi connectivity index (χ3n) is 3.11. The maximum absolute atomic E-state index is 11.3. The molecule has 0 unspecified atom stereocenters. The minimum absolute atomic E-state index is 0.0111. The van der Waals surface area contributed by atoms with Crippen LogP contribution in [-0.2, 0) is 6.54 Å². The van der Waals surface area contributed by atoms with Gasteiger partial charge in [-0.15, -0.1) is 5.10 Å². The summed E-state index contributed by atoms with van der Waals surface area (Å²) < 4.78 is 12.0. The van der Waals surface area contributed by atoms with Crippen LogP contribution in [0.4, 0.5) is 0 Å². The Morgan fingerprint density at radius 1 is 1.33 bits per heavy atom. The molecule has 1 aliphatic heterocycles. The first-order valence-corrected chi connectivity index (χ1v) is 6.38. The van der Waals surface area contributed by atoms with Crippen LogP contribution < -0.4 is 9.47 Å². The molecule has 0 saturated carbocycles. The second-order valence-electron chi connectivity index (χ2n) is 4.46. The van der Waals surface area contributed by atoms with Crippen LogP contribution in [0.3, 0.4) is 0 Å². The van der Waals surface area contributed by atoms with Gasteiger partial charge in [-0.1, -0.05) is 5.21 Å². The van der Waals surface area contributed by atoms with Gasteiger partial charge in [-0.25, -0.2) is 9.48 Å². The summed E-state index contributed by atoms with van der Waals surface area (Å²) in [6, 6.07) is 5.14. The number of aliphatic hydroxyl groups is 1. The van der Waals surface area contributed by atoms with Gasteiger partial charge in [-0.05, 0) is 24.6 Å². The summed E-state index contributed by atoms with van der Waals surface area (Å²) in [5.41, 5.74) is 0.876. The van der Waals surface area contributed by atoms with E-state index in [0.29, 0.717) is 35.7 Å². The number of aromatic nitrogens is 3. The van der Waals surface area contributed by atoms with Crippen molar-refractivity contribution in [3.8, 4) is 22.8 Å². The molecule has 0 saturated heterocycles. The molecule has 0 radical (unpaired) electrons. The van der Waals surface area contributed by atoms with Crippen LogP contribution in [0.5, 0.6) is 11.5 Å². The van der Waals surface area contributed by atoms with Crippen molar-refractivity contribution >= 4 is 5.97 Å². The number of carboxylic acid groups (broad SMARTS) is 1.